The molecule has 2 aromatic carbocycles. The van der Waals surface area contributed by atoms with Gasteiger partial charge in [0.1, 0.15) is 0 Å². The largest absolute Gasteiger partial charge is 0.467 e. The summed E-state index contributed by atoms with van der Waals surface area (Å²) in [7, 11) is -1.50. The molecule has 3 heteroatoms. The molecule has 1 atom stereocenters. The van der Waals surface area contributed by atoms with Crippen molar-refractivity contribution >= 4 is 19.3 Å². The van der Waals surface area contributed by atoms with Gasteiger partial charge in [0.15, 0.2) is 6.16 Å². The van der Waals surface area contributed by atoms with Gasteiger partial charge in [-0.3, -0.25) is 0 Å². The third-order valence-electron chi connectivity index (χ3n) is 2.83. The van der Waals surface area contributed by atoms with E-state index in [1.165, 1.54) is 0 Å². The zero-order chi connectivity index (χ0) is 14.6. The number of anilines is 2. The normalized spacial score (nSPS) is 12.1. The highest BCUT2D eigenvalue weighted by Crippen LogP contribution is 2.43. The van der Waals surface area contributed by atoms with E-state index in [2.05, 4.69) is 20.8 Å². The van der Waals surface area contributed by atoms with E-state index in [0.717, 1.165) is 11.4 Å². The average molecular weight is 286 g/mol. The van der Waals surface area contributed by atoms with Gasteiger partial charge in [0, 0.05) is 5.41 Å². The van der Waals surface area contributed by atoms with Crippen LogP contribution in [-0.4, -0.2) is 6.16 Å². The Hall–Kier alpha value is -1.66. The van der Waals surface area contributed by atoms with Crippen LogP contribution in [0.2, 0.25) is 0 Å². The quantitative estimate of drug-likeness (QED) is 0.680. The molecule has 0 saturated carbocycles. The van der Waals surface area contributed by atoms with E-state index in [4.69, 9.17) is 0 Å². The fraction of sp³-hybridized carbons (Fsp3) is 0.294. The maximum atomic E-state index is 12.8. The first kappa shape index (κ1) is 14.7. The van der Waals surface area contributed by atoms with E-state index in [9.17, 15) is 4.57 Å². The molecule has 2 aromatic rings. The zero-order valence-electron chi connectivity index (χ0n) is 12.3. The van der Waals surface area contributed by atoms with Crippen LogP contribution in [0, 0.1) is 5.41 Å². The summed E-state index contributed by atoms with van der Waals surface area (Å²) < 4.78 is 14.8. The van der Waals surface area contributed by atoms with E-state index in [1.807, 2.05) is 65.3 Å². The molecule has 1 unspecified atom stereocenters. The minimum atomic E-state index is -1.50. The number of para-hydroxylation sites is 2. The van der Waals surface area contributed by atoms with Crippen molar-refractivity contribution in [2.75, 3.05) is 10.8 Å². The number of rotatable bonds is 4. The van der Waals surface area contributed by atoms with E-state index >= 15 is 0 Å². The van der Waals surface area contributed by atoms with Crippen LogP contribution in [0.25, 0.3) is 0 Å². The predicted octanol–water partition coefficient (Wildman–Crippen LogP) is 5.61. The van der Waals surface area contributed by atoms with Crippen LogP contribution in [0.3, 0.4) is 0 Å². The van der Waals surface area contributed by atoms with Crippen molar-refractivity contribution in [3.63, 3.8) is 0 Å². The minimum Gasteiger partial charge on any atom is -0.135 e. The summed E-state index contributed by atoms with van der Waals surface area (Å²) in [5, 5.41) is 0. The summed E-state index contributed by atoms with van der Waals surface area (Å²) in [6, 6.07) is 19.9. The van der Waals surface area contributed by atoms with Gasteiger partial charge in [-0.25, -0.2) is 0 Å². The smallest absolute Gasteiger partial charge is 0.135 e. The molecule has 0 N–H and O–H groups in total. The molecule has 0 heterocycles. The summed E-state index contributed by atoms with van der Waals surface area (Å²) in [5.74, 6) is 0. The summed E-state index contributed by atoms with van der Waals surface area (Å²) >= 11 is 0. The number of benzene rings is 2. The fourth-order valence-corrected chi connectivity index (χ4v) is 3.76. The fourth-order valence-electron chi connectivity index (χ4n) is 2.02. The third-order valence-corrected chi connectivity index (χ3v) is 4.96. The first-order valence-electron chi connectivity index (χ1n) is 6.82. The minimum absolute atomic E-state index is 0.0370. The lowest BCUT2D eigenvalue weighted by Crippen LogP contribution is -2.15. The molecule has 0 aromatic heterocycles. The average Bonchev–Trinajstić information content (AvgIpc) is 2.39. The molecule has 0 aliphatic heterocycles. The predicted molar refractivity (Wildman–Crippen MR) is 87.0 cm³/mol. The number of hydrogen-bond donors (Lipinski definition) is 0. The maximum absolute atomic E-state index is 12.8. The third kappa shape index (κ3) is 3.91. The first-order chi connectivity index (χ1) is 9.47. The molecule has 0 amide bonds. The van der Waals surface area contributed by atoms with E-state index in [1.54, 1.807) is 0 Å². The van der Waals surface area contributed by atoms with Gasteiger partial charge in [-0.15, -0.1) is 4.67 Å². The van der Waals surface area contributed by atoms with Gasteiger partial charge in [0.25, 0.3) is 0 Å². The summed E-state index contributed by atoms with van der Waals surface area (Å²) in [6.45, 7) is 6.36. The standard InChI is InChI=1S/C17H21NOP/c1-17(2,3)14-20(19)18(15-10-6-4-7-11-15)16-12-8-5-9-13-16/h4-13H,14H2,1-3H3/q+1. The summed E-state index contributed by atoms with van der Waals surface area (Å²) in [4.78, 5) is 0. The number of nitrogens with zero attached hydrogens (tertiary/aromatic N) is 1. The molecular weight excluding hydrogens is 265 g/mol. The molecule has 0 spiro atoms. The molecule has 0 radical (unpaired) electrons. The lowest BCUT2D eigenvalue weighted by Gasteiger charge is -2.17. The van der Waals surface area contributed by atoms with Gasteiger partial charge in [-0.1, -0.05) is 57.2 Å². The Bertz CT molecular complexity index is 521. The highest BCUT2D eigenvalue weighted by Gasteiger charge is 2.34. The Kier molecular flexibility index (Phi) is 4.57. The molecule has 2 rings (SSSR count). The molecule has 0 aliphatic rings. The van der Waals surface area contributed by atoms with Gasteiger partial charge in [-0.2, -0.15) is 0 Å². The first-order valence-corrected chi connectivity index (χ1v) is 8.22. The van der Waals surface area contributed by atoms with E-state index in [-0.39, 0.29) is 5.41 Å². The molecule has 20 heavy (non-hydrogen) atoms. The highest BCUT2D eigenvalue weighted by atomic mass is 31.1. The monoisotopic (exact) mass is 286 g/mol. The van der Waals surface area contributed by atoms with Crippen LogP contribution in [0.1, 0.15) is 20.8 Å². The topological polar surface area (TPSA) is 20.3 Å². The van der Waals surface area contributed by atoms with E-state index in [0.29, 0.717) is 6.16 Å². The molecule has 0 fully saturated rings. The van der Waals surface area contributed by atoms with Crippen molar-refractivity contribution < 1.29 is 4.57 Å². The summed E-state index contributed by atoms with van der Waals surface area (Å²) in [5.41, 5.74) is 1.99. The SMILES string of the molecule is CC(C)(C)C[P+](=O)N(c1ccccc1)c1ccccc1. The Balaban J connectivity index is 2.38. The van der Waals surface area contributed by atoms with E-state index < -0.39 is 7.95 Å². The Morgan fingerprint density at radius 3 is 1.60 bits per heavy atom. The molecule has 0 aliphatic carbocycles. The van der Waals surface area contributed by atoms with Crippen molar-refractivity contribution in [2.24, 2.45) is 5.41 Å². The van der Waals surface area contributed by atoms with Crippen molar-refractivity contribution in [1.82, 2.24) is 0 Å². The molecule has 2 nitrogen and oxygen atoms in total. The van der Waals surface area contributed by atoms with Crippen LogP contribution in [0.15, 0.2) is 60.7 Å². The highest BCUT2D eigenvalue weighted by molar-refractivity contribution is 7.47. The number of hydrogen-bond acceptors (Lipinski definition) is 1. The van der Waals surface area contributed by atoms with Gasteiger partial charge < -0.3 is 0 Å². The zero-order valence-corrected chi connectivity index (χ0v) is 13.2. The van der Waals surface area contributed by atoms with Gasteiger partial charge in [-0.05, 0) is 28.8 Å². The van der Waals surface area contributed by atoms with Crippen LogP contribution in [-0.2, 0) is 4.57 Å². The maximum Gasteiger partial charge on any atom is 0.467 e. The van der Waals surface area contributed by atoms with Crippen LogP contribution in [0.4, 0.5) is 11.4 Å². The second kappa shape index (κ2) is 6.19. The van der Waals surface area contributed by atoms with Crippen molar-refractivity contribution in [1.29, 1.82) is 0 Å². The molecule has 0 bridgehead atoms. The summed E-state index contributed by atoms with van der Waals surface area (Å²) in [6.07, 6.45) is 0.659. The van der Waals surface area contributed by atoms with Crippen molar-refractivity contribution in [3.05, 3.63) is 60.7 Å². The molecular formula is C17H21NOP+. The van der Waals surface area contributed by atoms with Crippen LogP contribution < -0.4 is 4.67 Å². The Labute approximate surface area is 122 Å². The van der Waals surface area contributed by atoms with Gasteiger partial charge in [0.05, 0.1) is 11.4 Å². The Morgan fingerprint density at radius 1 is 0.850 bits per heavy atom. The molecule has 104 valence electrons. The second-order valence-electron chi connectivity index (χ2n) is 6.05. The van der Waals surface area contributed by atoms with Gasteiger partial charge >= 0.3 is 7.95 Å². The van der Waals surface area contributed by atoms with Crippen LogP contribution in [0.5, 0.6) is 0 Å². The van der Waals surface area contributed by atoms with Crippen molar-refractivity contribution in [3.8, 4) is 0 Å². The van der Waals surface area contributed by atoms with Crippen molar-refractivity contribution in [2.45, 2.75) is 20.8 Å². The lowest BCUT2D eigenvalue weighted by atomic mass is 10.0. The second-order valence-corrected chi connectivity index (χ2v) is 7.47. The van der Waals surface area contributed by atoms with Gasteiger partial charge in [0.2, 0.25) is 0 Å². The Morgan fingerprint density at radius 2 is 1.25 bits per heavy atom. The van der Waals surface area contributed by atoms with Crippen LogP contribution >= 0.6 is 7.95 Å². The lowest BCUT2D eigenvalue weighted by molar-refractivity contribution is 0.466. The molecule has 0 saturated heterocycles.